The Morgan fingerprint density at radius 1 is 0.703 bits per heavy atom. The summed E-state index contributed by atoms with van der Waals surface area (Å²) in [4.78, 5) is 13.5. The lowest BCUT2D eigenvalue weighted by molar-refractivity contribution is 0.0547. The zero-order chi connectivity index (χ0) is 26.3. The molecule has 0 saturated carbocycles. The van der Waals surface area contributed by atoms with Gasteiger partial charge in [-0.3, -0.25) is 0 Å². The normalized spacial score (nSPS) is 10.7. The highest BCUT2D eigenvalue weighted by Gasteiger charge is 2.09. The van der Waals surface area contributed by atoms with E-state index in [1.807, 2.05) is 42.5 Å². The molecule has 0 fully saturated rings. The summed E-state index contributed by atoms with van der Waals surface area (Å²) in [5.74, 6) is 2.59. The number of benzene rings is 2. The Balaban J connectivity index is 1.62. The third-order valence-electron chi connectivity index (χ3n) is 5.06. The van der Waals surface area contributed by atoms with E-state index in [1.165, 1.54) is 0 Å². The number of halogens is 1. The quantitative estimate of drug-likeness (QED) is 0.191. The molecule has 0 unspecified atom stereocenters. The third-order valence-corrected chi connectivity index (χ3v) is 5.31. The van der Waals surface area contributed by atoms with Crippen molar-refractivity contribution in [2.45, 2.75) is 13.1 Å². The number of methoxy groups -OCH3 is 2. The van der Waals surface area contributed by atoms with Gasteiger partial charge in [-0.05, 0) is 35.4 Å². The molecule has 0 saturated heterocycles. The average molecular weight is 532 g/mol. The molecule has 0 atom stereocenters. The van der Waals surface area contributed by atoms with Crippen molar-refractivity contribution in [1.82, 2.24) is 15.0 Å². The van der Waals surface area contributed by atoms with E-state index >= 15 is 0 Å². The van der Waals surface area contributed by atoms with Crippen molar-refractivity contribution in [1.29, 1.82) is 0 Å². The van der Waals surface area contributed by atoms with Crippen LogP contribution in [0.1, 0.15) is 11.1 Å². The lowest BCUT2D eigenvalue weighted by Gasteiger charge is -2.13. The van der Waals surface area contributed by atoms with Crippen LogP contribution in [-0.2, 0) is 22.6 Å². The number of nitrogens with two attached hydrogens (primary N) is 1. The number of hydrogen-bond donors (Lipinski definition) is 4. The number of nitrogens with zero attached hydrogens (tertiary/aromatic N) is 3. The molecular weight excluding hydrogens is 498 g/mol. The maximum Gasteiger partial charge on any atom is 0.229 e. The minimum atomic E-state index is 0.419. The van der Waals surface area contributed by atoms with Crippen LogP contribution in [0.4, 0.5) is 17.8 Å². The highest BCUT2D eigenvalue weighted by Crippen LogP contribution is 2.27. The summed E-state index contributed by atoms with van der Waals surface area (Å²) in [7, 11) is 3.21. The van der Waals surface area contributed by atoms with Crippen molar-refractivity contribution in [3.8, 4) is 11.5 Å². The lowest BCUT2D eigenvalue weighted by atomic mass is 10.2. The summed E-state index contributed by atoms with van der Waals surface area (Å²) in [6.45, 7) is 4.02. The number of aromatic nitrogens is 3. The third kappa shape index (κ3) is 9.89. The molecule has 1 aromatic heterocycles. The van der Waals surface area contributed by atoms with Gasteiger partial charge in [-0.1, -0.05) is 29.8 Å². The largest absolute Gasteiger partial charge is 0.493 e. The first-order valence-electron chi connectivity index (χ1n) is 11.9. The van der Waals surface area contributed by atoms with Crippen LogP contribution < -0.4 is 31.2 Å². The molecule has 11 nitrogen and oxygen atoms in total. The molecule has 3 rings (SSSR count). The van der Waals surface area contributed by atoms with E-state index in [0.29, 0.717) is 87.0 Å². The van der Waals surface area contributed by atoms with E-state index in [0.717, 1.165) is 11.1 Å². The number of hydrogen-bond acceptors (Lipinski definition) is 11. The first-order valence-corrected chi connectivity index (χ1v) is 12.3. The zero-order valence-corrected chi connectivity index (χ0v) is 21.9. The summed E-state index contributed by atoms with van der Waals surface area (Å²) in [5, 5.41) is 10.4. The SMILES string of the molecule is COc1ccc(CNc2nc(NCCOCCOCCN)nc(NCc3ccc(Cl)cc3)n2)cc1OC. The predicted octanol–water partition coefficient (Wildman–Crippen LogP) is 3.17. The van der Waals surface area contributed by atoms with Crippen LogP contribution in [0, 0.1) is 0 Å². The van der Waals surface area contributed by atoms with Crippen LogP contribution in [0.2, 0.25) is 5.02 Å². The Morgan fingerprint density at radius 2 is 1.27 bits per heavy atom. The van der Waals surface area contributed by atoms with Gasteiger partial charge in [-0.15, -0.1) is 0 Å². The maximum atomic E-state index is 5.99. The second kappa shape index (κ2) is 15.7. The number of anilines is 3. The topological polar surface area (TPSA) is 138 Å². The first-order chi connectivity index (χ1) is 18.1. The maximum absolute atomic E-state index is 5.99. The second-order valence-corrected chi connectivity index (χ2v) is 8.21. The fraction of sp³-hybridized carbons (Fsp3) is 0.400. The van der Waals surface area contributed by atoms with Crippen LogP contribution >= 0.6 is 11.6 Å². The van der Waals surface area contributed by atoms with Gasteiger partial charge < -0.3 is 40.6 Å². The minimum Gasteiger partial charge on any atom is -0.493 e. The van der Waals surface area contributed by atoms with Crippen molar-refractivity contribution < 1.29 is 18.9 Å². The Morgan fingerprint density at radius 3 is 1.89 bits per heavy atom. The number of nitrogens with one attached hydrogen (secondary N) is 3. The van der Waals surface area contributed by atoms with Crippen LogP contribution in [0.15, 0.2) is 42.5 Å². The van der Waals surface area contributed by atoms with Gasteiger partial charge in [0.15, 0.2) is 11.5 Å². The van der Waals surface area contributed by atoms with Crippen LogP contribution in [-0.4, -0.2) is 68.7 Å². The van der Waals surface area contributed by atoms with E-state index in [1.54, 1.807) is 14.2 Å². The van der Waals surface area contributed by atoms with Gasteiger partial charge in [0.05, 0.1) is 40.6 Å². The molecular formula is C25H34ClN7O4. The molecule has 2 aromatic carbocycles. The van der Waals surface area contributed by atoms with Crippen molar-refractivity contribution in [2.24, 2.45) is 5.73 Å². The van der Waals surface area contributed by atoms with Gasteiger partial charge in [-0.2, -0.15) is 15.0 Å². The molecule has 1 heterocycles. The van der Waals surface area contributed by atoms with Gasteiger partial charge in [0.25, 0.3) is 0 Å². The summed E-state index contributed by atoms with van der Waals surface area (Å²) in [5.41, 5.74) is 7.42. The van der Waals surface area contributed by atoms with Crippen molar-refractivity contribution in [3.05, 3.63) is 58.6 Å². The molecule has 0 radical (unpaired) electrons. The summed E-state index contributed by atoms with van der Waals surface area (Å²) >= 11 is 5.99. The fourth-order valence-electron chi connectivity index (χ4n) is 3.21. The average Bonchev–Trinajstić information content (AvgIpc) is 2.92. The first kappa shape index (κ1) is 28.2. The highest BCUT2D eigenvalue weighted by molar-refractivity contribution is 6.30. The van der Waals surface area contributed by atoms with Crippen molar-refractivity contribution in [3.63, 3.8) is 0 Å². The number of ether oxygens (including phenoxy) is 4. The predicted molar refractivity (Wildman–Crippen MR) is 145 cm³/mol. The summed E-state index contributed by atoms with van der Waals surface area (Å²) in [6, 6.07) is 13.3. The Bertz CT molecular complexity index is 1090. The Labute approximate surface area is 222 Å². The summed E-state index contributed by atoms with van der Waals surface area (Å²) < 4.78 is 21.6. The molecule has 0 bridgehead atoms. The lowest BCUT2D eigenvalue weighted by Crippen LogP contribution is -2.17. The monoisotopic (exact) mass is 531 g/mol. The zero-order valence-electron chi connectivity index (χ0n) is 21.1. The Hall–Kier alpha value is -3.38. The van der Waals surface area contributed by atoms with Gasteiger partial charge in [0.1, 0.15) is 0 Å². The second-order valence-electron chi connectivity index (χ2n) is 7.77. The van der Waals surface area contributed by atoms with E-state index in [4.69, 9.17) is 36.3 Å². The molecule has 0 amide bonds. The summed E-state index contributed by atoms with van der Waals surface area (Å²) in [6.07, 6.45) is 0. The van der Waals surface area contributed by atoms with E-state index in [-0.39, 0.29) is 0 Å². The minimum absolute atomic E-state index is 0.419. The molecule has 0 aliphatic heterocycles. The molecule has 0 spiro atoms. The molecule has 5 N–H and O–H groups in total. The van der Waals surface area contributed by atoms with E-state index in [9.17, 15) is 0 Å². The standard InChI is InChI=1S/C25H34ClN7O4/c1-34-21-8-5-19(15-22(21)35-2)17-30-25-32-23(28-10-12-37-14-13-36-11-9-27)31-24(33-25)29-16-18-3-6-20(26)7-4-18/h3-8,15H,9-14,16-17,27H2,1-2H3,(H3,28,29,30,31,32,33). The molecule has 200 valence electrons. The van der Waals surface area contributed by atoms with E-state index in [2.05, 4.69) is 30.9 Å². The van der Waals surface area contributed by atoms with Crippen LogP contribution in [0.3, 0.4) is 0 Å². The molecule has 3 aromatic rings. The van der Waals surface area contributed by atoms with E-state index < -0.39 is 0 Å². The Kier molecular flexibility index (Phi) is 11.9. The number of rotatable bonds is 17. The van der Waals surface area contributed by atoms with Gasteiger partial charge in [0, 0.05) is 31.2 Å². The van der Waals surface area contributed by atoms with Crippen molar-refractivity contribution in [2.75, 3.05) is 69.7 Å². The molecule has 37 heavy (non-hydrogen) atoms. The highest BCUT2D eigenvalue weighted by atomic mass is 35.5. The molecule has 0 aliphatic rings. The molecule has 0 aliphatic carbocycles. The van der Waals surface area contributed by atoms with Crippen LogP contribution in [0.5, 0.6) is 11.5 Å². The van der Waals surface area contributed by atoms with Crippen LogP contribution in [0.25, 0.3) is 0 Å². The van der Waals surface area contributed by atoms with Gasteiger partial charge in [0.2, 0.25) is 17.8 Å². The smallest absolute Gasteiger partial charge is 0.229 e. The fourth-order valence-corrected chi connectivity index (χ4v) is 3.33. The van der Waals surface area contributed by atoms with Gasteiger partial charge in [-0.25, -0.2) is 0 Å². The van der Waals surface area contributed by atoms with Gasteiger partial charge >= 0.3 is 0 Å². The molecule has 12 heteroatoms. The van der Waals surface area contributed by atoms with Crippen molar-refractivity contribution >= 4 is 29.4 Å².